The molecule has 0 radical (unpaired) electrons. The van der Waals surface area contributed by atoms with E-state index in [0.29, 0.717) is 29.1 Å². The molecule has 1 aliphatic heterocycles. The molecule has 6 nitrogen and oxygen atoms in total. The van der Waals surface area contributed by atoms with Gasteiger partial charge in [-0.1, -0.05) is 29.8 Å². The molecule has 4 rings (SSSR count). The van der Waals surface area contributed by atoms with Crippen LogP contribution in [0.4, 0.5) is 10.2 Å². The number of carbonyl (C=O) groups is 2. The quantitative estimate of drug-likeness (QED) is 0.540. The summed E-state index contributed by atoms with van der Waals surface area (Å²) >= 11 is 6.02. The van der Waals surface area contributed by atoms with Gasteiger partial charge in [0.1, 0.15) is 11.6 Å². The zero-order chi connectivity index (χ0) is 24.4. The van der Waals surface area contributed by atoms with Crippen molar-refractivity contribution in [1.82, 2.24) is 15.2 Å². The van der Waals surface area contributed by atoms with E-state index in [1.165, 1.54) is 12.1 Å². The molecule has 0 aliphatic carbocycles. The van der Waals surface area contributed by atoms with E-state index in [-0.39, 0.29) is 29.2 Å². The number of rotatable bonds is 5. The van der Waals surface area contributed by atoms with E-state index < -0.39 is 11.7 Å². The molecule has 8 heteroatoms. The Balaban J connectivity index is 1.55. The standard InChI is InChI=1S/C26H26ClFN4O2/c1-15(16-4-3-5-20(27)10-16)31-26(34)21-8-6-17(12-23(21)28)22-11-19(13-30-25(22)29)18-7-9-24(33)32(2)14-18/h3-6,8,10-13,15,18H,7,9,14H2,1-2H3,(H2,29,30)(H,31,34)/t15-,18+/m1/s1. The summed E-state index contributed by atoms with van der Waals surface area (Å²) in [6, 6.07) is 13.1. The largest absolute Gasteiger partial charge is 0.383 e. The van der Waals surface area contributed by atoms with E-state index in [1.807, 2.05) is 19.1 Å². The van der Waals surface area contributed by atoms with Crippen molar-refractivity contribution in [3.05, 3.63) is 82.3 Å². The van der Waals surface area contributed by atoms with E-state index in [0.717, 1.165) is 17.5 Å². The van der Waals surface area contributed by atoms with Crippen LogP contribution in [0.1, 0.15) is 53.2 Å². The van der Waals surface area contributed by atoms with Crippen molar-refractivity contribution < 1.29 is 14.0 Å². The summed E-state index contributed by atoms with van der Waals surface area (Å²) in [5.41, 5.74) is 8.93. The number of anilines is 1. The second-order valence-corrected chi connectivity index (χ2v) is 9.09. The summed E-state index contributed by atoms with van der Waals surface area (Å²) < 4.78 is 15.0. The van der Waals surface area contributed by atoms with Crippen molar-refractivity contribution in [2.45, 2.75) is 31.7 Å². The van der Waals surface area contributed by atoms with E-state index in [9.17, 15) is 14.0 Å². The number of likely N-dealkylation sites (N-methyl/N-ethyl adjacent to an activating group) is 1. The van der Waals surface area contributed by atoms with Crippen LogP contribution in [0.2, 0.25) is 5.02 Å². The van der Waals surface area contributed by atoms with E-state index in [2.05, 4.69) is 10.3 Å². The van der Waals surface area contributed by atoms with Gasteiger partial charge in [0.2, 0.25) is 5.91 Å². The highest BCUT2D eigenvalue weighted by Crippen LogP contribution is 2.32. The number of aromatic nitrogens is 1. The fourth-order valence-electron chi connectivity index (χ4n) is 4.23. The second-order valence-electron chi connectivity index (χ2n) is 8.66. The Morgan fingerprint density at radius 2 is 2.06 bits per heavy atom. The van der Waals surface area contributed by atoms with Gasteiger partial charge in [-0.05, 0) is 60.4 Å². The minimum Gasteiger partial charge on any atom is -0.383 e. The smallest absolute Gasteiger partial charge is 0.254 e. The molecule has 1 aromatic heterocycles. The lowest BCUT2D eigenvalue weighted by atomic mass is 9.90. The summed E-state index contributed by atoms with van der Waals surface area (Å²) in [4.78, 5) is 30.5. The van der Waals surface area contributed by atoms with Crippen LogP contribution in [0, 0.1) is 5.82 Å². The number of amides is 2. The maximum Gasteiger partial charge on any atom is 0.254 e. The highest BCUT2D eigenvalue weighted by atomic mass is 35.5. The Bertz CT molecular complexity index is 1250. The van der Waals surface area contributed by atoms with Crippen molar-refractivity contribution in [1.29, 1.82) is 0 Å². The third kappa shape index (κ3) is 5.04. The van der Waals surface area contributed by atoms with E-state index in [1.54, 1.807) is 42.4 Å². The molecular formula is C26H26ClFN4O2. The van der Waals surface area contributed by atoms with Crippen molar-refractivity contribution >= 4 is 29.2 Å². The zero-order valence-corrected chi connectivity index (χ0v) is 19.8. The molecule has 34 heavy (non-hydrogen) atoms. The van der Waals surface area contributed by atoms with E-state index >= 15 is 0 Å². The first kappa shape index (κ1) is 23.7. The predicted octanol–water partition coefficient (Wildman–Crippen LogP) is 4.95. The summed E-state index contributed by atoms with van der Waals surface area (Å²) in [7, 11) is 1.78. The number of benzene rings is 2. The first-order valence-electron chi connectivity index (χ1n) is 11.1. The fourth-order valence-corrected chi connectivity index (χ4v) is 4.43. The molecule has 2 amide bonds. The van der Waals surface area contributed by atoms with Gasteiger partial charge in [-0.15, -0.1) is 0 Å². The molecule has 3 N–H and O–H groups in total. The second kappa shape index (κ2) is 9.81. The Hall–Kier alpha value is -3.45. The fraction of sp³-hybridized carbons (Fsp3) is 0.269. The number of nitrogens with one attached hydrogen (secondary N) is 1. The van der Waals surface area contributed by atoms with E-state index in [4.69, 9.17) is 17.3 Å². The minimum absolute atomic E-state index is 0.0623. The summed E-state index contributed by atoms with van der Waals surface area (Å²) in [6.07, 6.45) is 2.92. The van der Waals surface area contributed by atoms with Crippen LogP contribution < -0.4 is 11.1 Å². The number of hydrogen-bond acceptors (Lipinski definition) is 4. The number of nitrogen functional groups attached to an aromatic ring is 1. The topological polar surface area (TPSA) is 88.3 Å². The first-order valence-corrected chi connectivity index (χ1v) is 11.5. The van der Waals surface area contributed by atoms with Crippen molar-refractivity contribution in [3.8, 4) is 11.1 Å². The Morgan fingerprint density at radius 1 is 1.26 bits per heavy atom. The average molecular weight is 481 g/mol. The number of carbonyl (C=O) groups excluding carboxylic acids is 2. The molecule has 2 atom stereocenters. The highest BCUT2D eigenvalue weighted by Gasteiger charge is 2.25. The molecule has 1 aliphatic rings. The molecule has 2 heterocycles. The van der Waals surface area contributed by atoms with Crippen LogP contribution in [-0.2, 0) is 4.79 Å². The summed E-state index contributed by atoms with van der Waals surface area (Å²) in [6.45, 7) is 2.41. The number of halogens is 2. The molecule has 3 aromatic rings. The lowest BCUT2D eigenvalue weighted by Gasteiger charge is -2.30. The third-order valence-electron chi connectivity index (χ3n) is 6.26. The Kier molecular flexibility index (Phi) is 6.84. The summed E-state index contributed by atoms with van der Waals surface area (Å²) in [5.74, 6) is -0.638. The Labute approximate surface area is 202 Å². The molecular weight excluding hydrogens is 455 g/mol. The monoisotopic (exact) mass is 480 g/mol. The van der Waals surface area contributed by atoms with Gasteiger partial charge in [-0.25, -0.2) is 9.37 Å². The first-order chi connectivity index (χ1) is 16.2. The van der Waals surface area contributed by atoms with Crippen molar-refractivity contribution in [3.63, 3.8) is 0 Å². The minimum atomic E-state index is -0.652. The van der Waals surface area contributed by atoms with Gasteiger partial charge in [-0.2, -0.15) is 0 Å². The summed E-state index contributed by atoms with van der Waals surface area (Å²) in [5, 5.41) is 3.37. The van der Waals surface area contributed by atoms with Gasteiger partial charge in [0.15, 0.2) is 0 Å². The number of piperidine rings is 1. The normalized spacial score (nSPS) is 16.9. The third-order valence-corrected chi connectivity index (χ3v) is 6.49. The van der Waals surface area contributed by atoms with Gasteiger partial charge in [-0.3, -0.25) is 9.59 Å². The number of likely N-dealkylation sites (tertiary alicyclic amines) is 1. The van der Waals surface area contributed by atoms with Crippen LogP contribution in [0.25, 0.3) is 11.1 Å². The molecule has 1 saturated heterocycles. The SMILES string of the molecule is C[C@@H](NC(=O)c1ccc(-c2cc([C@H]3CCC(=O)N(C)C3)cnc2N)cc1F)c1cccc(Cl)c1. The zero-order valence-electron chi connectivity index (χ0n) is 19.0. The van der Waals surface area contributed by atoms with Gasteiger partial charge in [0, 0.05) is 42.7 Å². The highest BCUT2D eigenvalue weighted by molar-refractivity contribution is 6.30. The van der Waals surface area contributed by atoms with Crippen LogP contribution in [-0.4, -0.2) is 35.3 Å². The molecule has 0 saturated carbocycles. The molecule has 0 bridgehead atoms. The number of nitrogens with two attached hydrogens (primary N) is 1. The molecule has 0 unspecified atom stereocenters. The van der Waals surface area contributed by atoms with Crippen LogP contribution in [0.3, 0.4) is 0 Å². The number of pyridine rings is 1. The van der Waals surface area contributed by atoms with Gasteiger partial charge in [0.25, 0.3) is 5.91 Å². The maximum absolute atomic E-state index is 15.0. The lowest BCUT2D eigenvalue weighted by Crippen LogP contribution is -2.35. The van der Waals surface area contributed by atoms with Crippen LogP contribution >= 0.6 is 11.6 Å². The molecule has 2 aromatic carbocycles. The molecule has 1 fully saturated rings. The molecule has 0 spiro atoms. The Morgan fingerprint density at radius 3 is 2.76 bits per heavy atom. The van der Waals surface area contributed by atoms with Crippen molar-refractivity contribution in [2.75, 3.05) is 19.3 Å². The van der Waals surface area contributed by atoms with Gasteiger partial charge >= 0.3 is 0 Å². The molecule has 176 valence electrons. The maximum atomic E-state index is 15.0. The van der Waals surface area contributed by atoms with Gasteiger partial charge < -0.3 is 16.0 Å². The van der Waals surface area contributed by atoms with Crippen molar-refractivity contribution in [2.24, 2.45) is 0 Å². The van der Waals surface area contributed by atoms with Crippen LogP contribution in [0.5, 0.6) is 0 Å². The van der Waals surface area contributed by atoms with Gasteiger partial charge in [0.05, 0.1) is 11.6 Å². The number of nitrogens with zero attached hydrogens (tertiary/aromatic N) is 2. The lowest BCUT2D eigenvalue weighted by molar-refractivity contribution is -0.132. The predicted molar refractivity (Wildman–Crippen MR) is 131 cm³/mol. The van der Waals surface area contributed by atoms with Crippen LogP contribution in [0.15, 0.2) is 54.7 Å². The average Bonchev–Trinajstić information content (AvgIpc) is 2.81. The number of hydrogen-bond donors (Lipinski definition) is 2.